The summed E-state index contributed by atoms with van der Waals surface area (Å²) in [7, 11) is 1.56. The maximum atomic E-state index is 11.9. The van der Waals surface area contributed by atoms with E-state index in [0.29, 0.717) is 12.5 Å². The van der Waals surface area contributed by atoms with Crippen molar-refractivity contribution in [1.82, 2.24) is 4.90 Å². The van der Waals surface area contributed by atoms with Crippen molar-refractivity contribution < 1.29 is 9.53 Å². The van der Waals surface area contributed by atoms with Crippen LogP contribution in [0.1, 0.15) is 20.3 Å². The van der Waals surface area contributed by atoms with Crippen LogP contribution in [0.25, 0.3) is 0 Å². The van der Waals surface area contributed by atoms with E-state index >= 15 is 0 Å². The van der Waals surface area contributed by atoms with Crippen LogP contribution in [0.5, 0.6) is 0 Å². The van der Waals surface area contributed by atoms with Gasteiger partial charge in [-0.1, -0.05) is 0 Å². The number of ether oxygens (including phenoxy) is 1. The van der Waals surface area contributed by atoms with Crippen molar-refractivity contribution in [2.45, 2.75) is 25.9 Å². The van der Waals surface area contributed by atoms with Crippen molar-refractivity contribution in [1.29, 1.82) is 0 Å². The lowest BCUT2D eigenvalue weighted by atomic mass is 10.1. The first-order valence-corrected chi connectivity index (χ1v) is 5.06. The molecule has 0 saturated carbocycles. The fraction of sp³-hybridized carbons (Fsp3) is 0.900. The second-order valence-electron chi connectivity index (χ2n) is 4.36. The van der Waals surface area contributed by atoms with Crippen LogP contribution in [0.15, 0.2) is 0 Å². The summed E-state index contributed by atoms with van der Waals surface area (Å²) in [5.41, 5.74) is 4.86. The van der Waals surface area contributed by atoms with Gasteiger partial charge in [0.15, 0.2) is 0 Å². The quantitative estimate of drug-likeness (QED) is 0.709. The first kappa shape index (κ1) is 11.5. The maximum absolute atomic E-state index is 11.9. The number of carbonyl (C=O) groups excluding carboxylic acids is 1. The Balaban J connectivity index is 2.55. The Hall–Kier alpha value is -0.610. The third kappa shape index (κ3) is 2.25. The predicted octanol–water partition coefficient (Wildman–Crippen LogP) is 0.219. The Morgan fingerprint density at radius 2 is 2.29 bits per heavy atom. The Morgan fingerprint density at radius 1 is 1.64 bits per heavy atom. The fourth-order valence-electron chi connectivity index (χ4n) is 1.68. The van der Waals surface area contributed by atoms with Gasteiger partial charge >= 0.3 is 0 Å². The van der Waals surface area contributed by atoms with Crippen molar-refractivity contribution >= 4 is 5.91 Å². The van der Waals surface area contributed by atoms with E-state index in [9.17, 15) is 4.79 Å². The van der Waals surface area contributed by atoms with Crippen LogP contribution in [-0.4, -0.2) is 43.2 Å². The second-order valence-corrected chi connectivity index (χ2v) is 4.36. The molecule has 1 rings (SSSR count). The largest absolute Gasteiger partial charge is 0.369 e. The highest BCUT2D eigenvalue weighted by Crippen LogP contribution is 2.20. The lowest BCUT2D eigenvalue weighted by Crippen LogP contribution is -2.45. The molecule has 4 heteroatoms. The van der Waals surface area contributed by atoms with Gasteiger partial charge in [-0.3, -0.25) is 4.79 Å². The van der Waals surface area contributed by atoms with Crippen molar-refractivity contribution in [2.24, 2.45) is 11.7 Å². The average molecular weight is 200 g/mol. The van der Waals surface area contributed by atoms with Crippen LogP contribution in [-0.2, 0) is 9.53 Å². The monoisotopic (exact) mass is 200 g/mol. The van der Waals surface area contributed by atoms with E-state index in [-0.39, 0.29) is 5.91 Å². The highest BCUT2D eigenvalue weighted by atomic mass is 16.5. The van der Waals surface area contributed by atoms with E-state index < -0.39 is 5.60 Å². The summed E-state index contributed by atoms with van der Waals surface area (Å²) >= 11 is 0. The smallest absolute Gasteiger partial charge is 0.254 e. The number of hydrogen-bond donors (Lipinski definition) is 1. The van der Waals surface area contributed by atoms with Gasteiger partial charge in [-0.05, 0) is 32.7 Å². The first-order valence-electron chi connectivity index (χ1n) is 5.06. The number of nitrogens with two attached hydrogens (primary N) is 1. The minimum atomic E-state index is -0.705. The maximum Gasteiger partial charge on any atom is 0.254 e. The van der Waals surface area contributed by atoms with E-state index in [0.717, 1.165) is 19.5 Å². The molecule has 1 amide bonds. The highest BCUT2D eigenvalue weighted by molar-refractivity contribution is 5.84. The Bertz CT molecular complexity index is 216. The topological polar surface area (TPSA) is 55.6 Å². The fourth-order valence-corrected chi connectivity index (χ4v) is 1.68. The molecular weight excluding hydrogens is 180 g/mol. The minimum absolute atomic E-state index is 0.0657. The molecule has 1 aliphatic heterocycles. The minimum Gasteiger partial charge on any atom is -0.369 e. The molecule has 0 bridgehead atoms. The van der Waals surface area contributed by atoms with Gasteiger partial charge in [0.25, 0.3) is 5.91 Å². The third-order valence-electron chi connectivity index (χ3n) is 2.93. The molecule has 82 valence electrons. The summed E-state index contributed by atoms with van der Waals surface area (Å²) in [4.78, 5) is 13.8. The van der Waals surface area contributed by atoms with Crippen molar-refractivity contribution in [3.8, 4) is 0 Å². The summed E-state index contributed by atoms with van der Waals surface area (Å²) in [6.45, 7) is 5.85. The number of amides is 1. The summed E-state index contributed by atoms with van der Waals surface area (Å²) in [6.07, 6.45) is 1.02. The van der Waals surface area contributed by atoms with Gasteiger partial charge in [0.05, 0.1) is 0 Å². The predicted molar refractivity (Wildman–Crippen MR) is 54.8 cm³/mol. The van der Waals surface area contributed by atoms with E-state index in [1.807, 2.05) is 4.90 Å². The van der Waals surface area contributed by atoms with Gasteiger partial charge in [-0.2, -0.15) is 0 Å². The third-order valence-corrected chi connectivity index (χ3v) is 2.93. The molecule has 4 nitrogen and oxygen atoms in total. The van der Waals surface area contributed by atoms with Gasteiger partial charge < -0.3 is 15.4 Å². The van der Waals surface area contributed by atoms with Gasteiger partial charge in [0, 0.05) is 20.2 Å². The van der Waals surface area contributed by atoms with Gasteiger partial charge in [0.1, 0.15) is 5.60 Å². The highest BCUT2D eigenvalue weighted by Gasteiger charge is 2.35. The lowest BCUT2D eigenvalue weighted by molar-refractivity contribution is -0.149. The lowest BCUT2D eigenvalue weighted by Gasteiger charge is -2.27. The molecule has 14 heavy (non-hydrogen) atoms. The zero-order valence-corrected chi connectivity index (χ0v) is 9.25. The van der Waals surface area contributed by atoms with E-state index in [1.54, 1.807) is 21.0 Å². The molecule has 0 aromatic rings. The molecule has 1 unspecified atom stereocenters. The van der Waals surface area contributed by atoms with E-state index in [2.05, 4.69) is 0 Å². The Morgan fingerprint density at radius 3 is 2.71 bits per heavy atom. The zero-order chi connectivity index (χ0) is 10.8. The molecule has 1 saturated heterocycles. The van der Waals surface area contributed by atoms with Crippen molar-refractivity contribution in [2.75, 3.05) is 26.7 Å². The van der Waals surface area contributed by atoms with Gasteiger partial charge in [-0.25, -0.2) is 0 Å². The van der Waals surface area contributed by atoms with Crippen molar-refractivity contribution in [3.05, 3.63) is 0 Å². The molecule has 1 heterocycles. The SMILES string of the molecule is COC(C)(C)C(=O)N1CCC(CN)C1. The van der Waals surface area contributed by atoms with Gasteiger partial charge in [-0.15, -0.1) is 0 Å². The molecule has 0 aromatic heterocycles. The molecule has 2 N–H and O–H groups in total. The van der Waals surface area contributed by atoms with Crippen LogP contribution >= 0.6 is 0 Å². The number of hydrogen-bond acceptors (Lipinski definition) is 3. The summed E-state index contributed by atoms with van der Waals surface area (Å²) in [6, 6.07) is 0. The summed E-state index contributed by atoms with van der Waals surface area (Å²) in [5, 5.41) is 0. The van der Waals surface area contributed by atoms with Gasteiger partial charge in [0.2, 0.25) is 0 Å². The molecule has 0 aliphatic carbocycles. The van der Waals surface area contributed by atoms with Crippen molar-refractivity contribution in [3.63, 3.8) is 0 Å². The zero-order valence-electron chi connectivity index (χ0n) is 9.25. The number of nitrogens with zero attached hydrogens (tertiary/aromatic N) is 1. The standard InChI is InChI=1S/C10H20N2O2/c1-10(2,14-3)9(13)12-5-4-8(6-11)7-12/h8H,4-7,11H2,1-3H3. The van der Waals surface area contributed by atoms with Crippen LogP contribution in [0.2, 0.25) is 0 Å². The number of rotatable bonds is 3. The van der Waals surface area contributed by atoms with Crippen LogP contribution < -0.4 is 5.73 Å². The van der Waals surface area contributed by atoms with Crippen LogP contribution in [0.3, 0.4) is 0 Å². The number of likely N-dealkylation sites (tertiary alicyclic amines) is 1. The molecule has 1 fully saturated rings. The molecule has 1 atom stereocenters. The molecule has 0 spiro atoms. The normalized spacial score (nSPS) is 22.9. The Kier molecular flexibility index (Phi) is 3.50. The van der Waals surface area contributed by atoms with Crippen LogP contribution in [0.4, 0.5) is 0 Å². The summed E-state index contributed by atoms with van der Waals surface area (Å²) < 4.78 is 5.16. The first-order chi connectivity index (χ1) is 6.51. The Labute approximate surface area is 85.4 Å². The average Bonchev–Trinajstić information content (AvgIpc) is 2.64. The number of methoxy groups -OCH3 is 1. The molecular formula is C10H20N2O2. The van der Waals surface area contributed by atoms with E-state index in [1.165, 1.54) is 0 Å². The number of carbonyl (C=O) groups is 1. The molecule has 1 aliphatic rings. The van der Waals surface area contributed by atoms with Crippen LogP contribution in [0, 0.1) is 5.92 Å². The second kappa shape index (κ2) is 4.28. The van der Waals surface area contributed by atoms with E-state index in [4.69, 9.17) is 10.5 Å². The molecule has 0 radical (unpaired) electrons. The summed E-state index contributed by atoms with van der Waals surface area (Å²) in [5.74, 6) is 0.530. The molecule has 0 aromatic carbocycles.